The number of nitrogens with zero attached hydrogens (tertiary/aromatic N) is 1. The molecule has 3 nitrogen and oxygen atoms in total. The number of likely N-dealkylation sites (N-methyl/N-ethyl adjacent to an activating group) is 2. The van der Waals surface area contributed by atoms with Gasteiger partial charge in [-0.3, -0.25) is 0 Å². The van der Waals surface area contributed by atoms with Crippen LogP contribution in [0, 0.1) is 0 Å². The third-order valence-electron chi connectivity index (χ3n) is 3.97. The molecule has 2 N–H and O–H groups in total. The first-order valence-electron chi connectivity index (χ1n) is 7.21. The lowest BCUT2D eigenvalue weighted by atomic mass is 9.89. The summed E-state index contributed by atoms with van der Waals surface area (Å²) in [6.45, 7) is 8.24. The van der Waals surface area contributed by atoms with Gasteiger partial charge in [-0.05, 0) is 32.5 Å². The van der Waals surface area contributed by atoms with Crippen LogP contribution >= 0.6 is 0 Å². The Morgan fingerprint density at radius 2 is 1.89 bits per heavy atom. The molecule has 0 amide bonds. The van der Waals surface area contributed by atoms with E-state index in [-0.39, 0.29) is 12.1 Å². The van der Waals surface area contributed by atoms with E-state index in [9.17, 15) is 5.11 Å². The van der Waals surface area contributed by atoms with Crippen LogP contribution in [0.2, 0.25) is 0 Å². The first-order valence-corrected chi connectivity index (χ1v) is 7.21. The van der Waals surface area contributed by atoms with E-state index in [0.717, 1.165) is 25.1 Å². The van der Waals surface area contributed by atoms with Crippen LogP contribution in [0.4, 0.5) is 0 Å². The molecule has 0 saturated heterocycles. The minimum Gasteiger partial charge on any atom is -0.394 e. The third kappa shape index (κ3) is 4.03. The van der Waals surface area contributed by atoms with Crippen LogP contribution < -0.4 is 5.32 Å². The van der Waals surface area contributed by atoms with Crippen LogP contribution in [-0.2, 0) is 5.54 Å². The molecule has 0 aromatic heterocycles. The van der Waals surface area contributed by atoms with E-state index >= 15 is 0 Å². The maximum absolute atomic E-state index is 9.98. The van der Waals surface area contributed by atoms with Crippen molar-refractivity contribution in [2.45, 2.75) is 38.8 Å². The van der Waals surface area contributed by atoms with Gasteiger partial charge in [0.25, 0.3) is 0 Å². The van der Waals surface area contributed by atoms with Crippen molar-refractivity contribution < 1.29 is 5.11 Å². The monoisotopic (exact) mass is 264 g/mol. The highest BCUT2D eigenvalue weighted by molar-refractivity contribution is 5.25. The quantitative estimate of drug-likeness (QED) is 0.756. The molecule has 0 radical (unpaired) electrons. The van der Waals surface area contributed by atoms with Gasteiger partial charge in [-0.2, -0.15) is 0 Å². The van der Waals surface area contributed by atoms with E-state index in [2.05, 4.69) is 50.2 Å². The standard InChI is InChI=1S/C16H28N2O/c1-5-14(3)18(4)12-16(13-19,17-6-2)15-10-8-7-9-11-15/h7-11,14,17,19H,5-6,12-13H2,1-4H3. The Morgan fingerprint density at radius 1 is 1.26 bits per heavy atom. The molecular formula is C16H28N2O. The second-order valence-corrected chi connectivity index (χ2v) is 5.31. The molecule has 0 fully saturated rings. The average Bonchev–Trinajstić information content (AvgIpc) is 2.46. The fourth-order valence-corrected chi connectivity index (χ4v) is 2.44. The zero-order chi connectivity index (χ0) is 14.3. The number of rotatable bonds is 8. The zero-order valence-electron chi connectivity index (χ0n) is 12.7. The molecule has 0 saturated carbocycles. The molecule has 2 unspecified atom stereocenters. The molecule has 0 bridgehead atoms. The van der Waals surface area contributed by atoms with Gasteiger partial charge < -0.3 is 15.3 Å². The summed E-state index contributed by atoms with van der Waals surface area (Å²) >= 11 is 0. The van der Waals surface area contributed by atoms with Gasteiger partial charge >= 0.3 is 0 Å². The SMILES string of the molecule is CCNC(CO)(CN(C)C(C)CC)c1ccccc1. The van der Waals surface area contributed by atoms with Crippen LogP contribution in [0.1, 0.15) is 32.8 Å². The van der Waals surface area contributed by atoms with E-state index in [1.54, 1.807) is 0 Å². The van der Waals surface area contributed by atoms with Crippen LogP contribution in [0.3, 0.4) is 0 Å². The van der Waals surface area contributed by atoms with Gasteiger partial charge in [-0.1, -0.05) is 44.2 Å². The number of nitrogens with one attached hydrogen (secondary N) is 1. The van der Waals surface area contributed by atoms with Crippen molar-refractivity contribution in [3.63, 3.8) is 0 Å². The van der Waals surface area contributed by atoms with Gasteiger partial charge in [-0.25, -0.2) is 0 Å². The molecule has 0 aliphatic rings. The van der Waals surface area contributed by atoms with Gasteiger partial charge in [0.15, 0.2) is 0 Å². The van der Waals surface area contributed by atoms with Gasteiger partial charge in [0.05, 0.1) is 12.1 Å². The molecule has 0 spiro atoms. The smallest absolute Gasteiger partial charge is 0.0797 e. The number of hydrogen-bond acceptors (Lipinski definition) is 3. The summed E-state index contributed by atoms with van der Waals surface area (Å²) in [5, 5.41) is 13.5. The fraction of sp³-hybridized carbons (Fsp3) is 0.625. The Hall–Kier alpha value is -0.900. The normalized spacial score (nSPS) is 16.3. The summed E-state index contributed by atoms with van der Waals surface area (Å²) in [6.07, 6.45) is 1.11. The number of aliphatic hydroxyl groups is 1. The summed E-state index contributed by atoms with van der Waals surface area (Å²) < 4.78 is 0. The molecule has 3 heteroatoms. The highest BCUT2D eigenvalue weighted by atomic mass is 16.3. The predicted molar refractivity (Wildman–Crippen MR) is 81.3 cm³/mol. The Labute approximate surface area is 117 Å². The van der Waals surface area contributed by atoms with Crippen molar-refractivity contribution in [1.29, 1.82) is 0 Å². The molecule has 1 rings (SSSR count). The minimum absolute atomic E-state index is 0.103. The number of aliphatic hydroxyl groups excluding tert-OH is 1. The van der Waals surface area contributed by atoms with Gasteiger partial charge in [0, 0.05) is 12.6 Å². The van der Waals surface area contributed by atoms with E-state index in [0.29, 0.717) is 6.04 Å². The van der Waals surface area contributed by atoms with E-state index in [1.165, 1.54) is 0 Å². The van der Waals surface area contributed by atoms with Crippen LogP contribution in [0.5, 0.6) is 0 Å². The Bertz CT molecular complexity index is 355. The second-order valence-electron chi connectivity index (χ2n) is 5.31. The van der Waals surface area contributed by atoms with Crippen LogP contribution in [0.15, 0.2) is 30.3 Å². The van der Waals surface area contributed by atoms with E-state index in [1.807, 2.05) is 18.2 Å². The Kier molecular flexibility index (Phi) is 6.49. The highest BCUT2D eigenvalue weighted by Gasteiger charge is 2.32. The first kappa shape index (κ1) is 16.2. The largest absolute Gasteiger partial charge is 0.394 e. The van der Waals surface area contributed by atoms with E-state index < -0.39 is 0 Å². The van der Waals surface area contributed by atoms with Crippen molar-refractivity contribution in [3.05, 3.63) is 35.9 Å². The van der Waals surface area contributed by atoms with Crippen molar-refractivity contribution in [3.8, 4) is 0 Å². The Balaban J connectivity index is 2.99. The van der Waals surface area contributed by atoms with Crippen LogP contribution in [-0.4, -0.2) is 42.8 Å². The van der Waals surface area contributed by atoms with Gasteiger partial charge in [-0.15, -0.1) is 0 Å². The van der Waals surface area contributed by atoms with E-state index in [4.69, 9.17) is 0 Å². The molecule has 0 heterocycles. The molecule has 108 valence electrons. The highest BCUT2D eigenvalue weighted by Crippen LogP contribution is 2.23. The van der Waals surface area contributed by atoms with Gasteiger partial charge in [0.2, 0.25) is 0 Å². The minimum atomic E-state index is -0.381. The average molecular weight is 264 g/mol. The summed E-state index contributed by atoms with van der Waals surface area (Å²) in [6, 6.07) is 10.7. The topological polar surface area (TPSA) is 35.5 Å². The maximum Gasteiger partial charge on any atom is 0.0797 e. The lowest BCUT2D eigenvalue weighted by Crippen LogP contribution is -2.54. The molecule has 1 aromatic carbocycles. The molecule has 2 atom stereocenters. The predicted octanol–water partition coefficient (Wildman–Crippen LogP) is 2.21. The molecule has 0 aliphatic carbocycles. The summed E-state index contributed by atoms with van der Waals surface area (Å²) in [7, 11) is 2.12. The lowest BCUT2D eigenvalue weighted by Gasteiger charge is -2.39. The second kappa shape index (κ2) is 7.63. The molecule has 0 aliphatic heterocycles. The first-order chi connectivity index (χ1) is 9.09. The van der Waals surface area contributed by atoms with Crippen molar-refractivity contribution in [2.75, 3.05) is 26.7 Å². The van der Waals surface area contributed by atoms with Gasteiger partial charge in [0.1, 0.15) is 0 Å². The number of hydrogen-bond donors (Lipinski definition) is 2. The fourth-order valence-electron chi connectivity index (χ4n) is 2.44. The maximum atomic E-state index is 9.98. The van der Waals surface area contributed by atoms with Crippen molar-refractivity contribution >= 4 is 0 Å². The summed E-state index contributed by atoms with van der Waals surface area (Å²) in [5.41, 5.74) is 0.767. The lowest BCUT2D eigenvalue weighted by molar-refractivity contribution is 0.102. The van der Waals surface area contributed by atoms with Crippen LogP contribution in [0.25, 0.3) is 0 Å². The molecule has 1 aromatic rings. The molecule has 19 heavy (non-hydrogen) atoms. The molecular weight excluding hydrogens is 236 g/mol. The summed E-state index contributed by atoms with van der Waals surface area (Å²) in [5.74, 6) is 0. The number of benzene rings is 1. The third-order valence-corrected chi connectivity index (χ3v) is 3.97. The zero-order valence-corrected chi connectivity index (χ0v) is 12.7. The summed E-state index contributed by atoms with van der Waals surface area (Å²) in [4.78, 5) is 2.31. The Morgan fingerprint density at radius 3 is 2.37 bits per heavy atom. The van der Waals surface area contributed by atoms with Crippen molar-refractivity contribution in [2.24, 2.45) is 0 Å². The van der Waals surface area contributed by atoms with Crippen molar-refractivity contribution in [1.82, 2.24) is 10.2 Å².